The summed E-state index contributed by atoms with van der Waals surface area (Å²) in [5.74, 6) is -2.24. The van der Waals surface area contributed by atoms with E-state index in [9.17, 15) is 9.59 Å². The molecule has 1 saturated heterocycles. The van der Waals surface area contributed by atoms with E-state index >= 15 is 0 Å². The summed E-state index contributed by atoms with van der Waals surface area (Å²) < 4.78 is 0. The summed E-state index contributed by atoms with van der Waals surface area (Å²) in [5.41, 5.74) is 10.2. The molecule has 5 N–H and O–H groups in total. The third-order valence-corrected chi connectivity index (χ3v) is 2.42. The van der Waals surface area contributed by atoms with Crippen LogP contribution in [0.2, 0.25) is 0 Å². The molecule has 14 heavy (non-hydrogen) atoms. The van der Waals surface area contributed by atoms with Crippen LogP contribution < -0.4 is 16.8 Å². The zero-order chi connectivity index (χ0) is 10.7. The molecule has 6 heteroatoms. The number of likely N-dealkylation sites (N-methyl/N-ethyl adjacent to an activating group) is 1. The van der Waals surface area contributed by atoms with E-state index in [4.69, 9.17) is 11.5 Å². The standard InChI is InChI=1S/C8H16N4O2/c1-12-3-2-11-5(4-12)6(7(9)13)8(10)14/h5-6,11H,2-4H2,1H3,(H2,9,13)(H2,10,14). The minimum Gasteiger partial charge on any atom is -0.369 e. The fourth-order valence-electron chi connectivity index (χ4n) is 1.69. The van der Waals surface area contributed by atoms with Crippen LogP contribution in [-0.4, -0.2) is 49.4 Å². The molecule has 0 bridgehead atoms. The number of piperazine rings is 1. The van der Waals surface area contributed by atoms with Crippen molar-refractivity contribution >= 4 is 11.8 Å². The molecule has 0 saturated carbocycles. The second-order valence-electron chi connectivity index (χ2n) is 3.61. The van der Waals surface area contributed by atoms with Crippen molar-refractivity contribution < 1.29 is 9.59 Å². The molecule has 1 unspecified atom stereocenters. The van der Waals surface area contributed by atoms with Gasteiger partial charge in [0.15, 0.2) is 0 Å². The quantitative estimate of drug-likeness (QED) is 0.437. The molecule has 1 aliphatic heterocycles. The predicted octanol–water partition coefficient (Wildman–Crippen LogP) is -2.52. The largest absolute Gasteiger partial charge is 0.369 e. The summed E-state index contributed by atoms with van der Waals surface area (Å²) in [6.07, 6.45) is 0. The number of amides is 2. The summed E-state index contributed by atoms with van der Waals surface area (Å²) >= 11 is 0. The molecule has 2 amide bonds. The van der Waals surface area contributed by atoms with E-state index in [2.05, 4.69) is 5.32 Å². The monoisotopic (exact) mass is 200 g/mol. The maximum atomic E-state index is 11.0. The minimum atomic E-state index is -0.919. The third-order valence-electron chi connectivity index (χ3n) is 2.42. The van der Waals surface area contributed by atoms with Crippen LogP contribution in [0.5, 0.6) is 0 Å². The lowest BCUT2D eigenvalue weighted by Gasteiger charge is -2.33. The molecule has 0 aromatic carbocycles. The molecule has 1 aliphatic rings. The highest BCUT2D eigenvalue weighted by Gasteiger charge is 2.33. The van der Waals surface area contributed by atoms with Crippen LogP contribution in [0.15, 0.2) is 0 Å². The highest BCUT2D eigenvalue weighted by Crippen LogP contribution is 2.07. The Bertz CT molecular complexity index is 229. The van der Waals surface area contributed by atoms with E-state index in [1.54, 1.807) is 0 Å². The Hall–Kier alpha value is -1.14. The number of nitrogens with zero attached hydrogens (tertiary/aromatic N) is 1. The maximum absolute atomic E-state index is 11.0. The average molecular weight is 200 g/mol. The van der Waals surface area contributed by atoms with Gasteiger partial charge in [0.1, 0.15) is 5.92 Å². The second kappa shape index (κ2) is 4.39. The van der Waals surface area contributed by atoms with Crippen molar-refractivity contribution in [1.82, 2.24) is 10.2 Å². The average Bonchev–Trinajstić information content (AvgIpc) is 2.02. The molecular formula is C8H16N4O2. The lowest BCUT2D eigenvalue weighted by Crippen LogP contribution is -2.58. The Morgan fingerprint density at radius 2 is 2.00 bits per heavy atom. The highest BCUT2D eigenvalue weighted by atomic mass is 16.2. The molecule has 6 nitrogen and oxygen atoms in total. The van der Waals surface area contributed by atoms with Crippen molar-refractivity contribution in [3.05, 3.63) is 0 Å². The molecule has 0 aromatic rings. The summed E-state index contributed by atoms with van der Waals surface area (Å²) in [4.78, 5) is 24.0. The Morgan fingerprint density at radius 1 is 1.43 bits per heavy atom. The van der Waals surface area contributed by atoms with Crippen molar-refractivity contribution in [2.75, 3.05) is 26.7 Å². The van der Waals surface area contributed by atoms with Crippen molar-refractivity contribution in [2.24, 2.45) is 17.4 Å². The Balaban J connectivity index is 2.67. The van der Waals surface area contributed by atoms with Gasteiger partial charge < -0.3 is 21.7 Å². The topological polar surface area (TPSA) is 101 Å². The zero-order valence-electron chi connectivity index (χ0n) is 8.19. The second-order valence-corrected chi connectivity index (χ2v) is 3.61. The molecular weight excluding hydrogens is 184 g/mol. The first kappa shape index (κ1) is 10.9. The molecule has 1 atom stereocenters. The summed E-state index contributed by atoms with van der Waals surface area (Å²) in [7, 11) is 1.92. The fourth-order valence-corrected chi connectivity index (χ4v) is 1.69. The summed E-state index contributed by atoms with van der Waals surface area (Å²) in [6.45, 7) is 2.23. The highest BCUT2D eigenvalue weighted by molar-refractivity contribution is 5.99. The number of primary amides is 2. The normalized spacial score (nSPS) is 23.7. The van der Waals surface area contributed by atoms with Crippen molar-refractivity contribution in [1.29, 1.82) is 0 Å². The Morgan fingerprint density at radius 3 is 2.43 bits per heavy atom. The van der Waals surface area contributed by atoms with Gasteiger partial charge in [0.25, 0.3) is 0 Å². The van der Waals surface area contributed by atoms with Gasteiger partial charge >= 0.3 is 0 Å². The van der Waals surface area contributed by atoms with Crippen LogP contribution in [0.3, 0.4) is 0 Å². The Kier molecular flexibility index (Phi) is 3.43. The Labute approximate surface area is 82.6 Å². The van der Waals surface area contributed by atoms with Gasteiger partial charge in [-0.3, -0.25) is 9.59 Å². The molecule has 1 heterocycles. The van der Waals surface area contributed by atoms with E-state index < -0.39 is 17.7 Å². The van der Waals surface area contributed by atoms with Gasteiger partial charge in [-0.05, 0) is 7.05 Å². The predicted molar refractivity (Wildman–Crippen MR) is 51.2 cm³/mol. The van der Waals surface area contributed by atoms with Crippen LogP contribution >= 0.6 is 0 Å². The van der Waals surface area contributed by atoms with E-state index in [1.165, 1.54) is 0 Å². The maximum Gasteiger partial charge on any atom is 0.231 e. The molecule has 1 rings (SSSR count). The lowest BCUT2D eigenvalue weighted by molar-refractivity contribution is -0.133. The van der Waals surface area contributed by atoms with Gasteiger partial charge in [0.05, 0.1) is 0 Å². The smallest absolute Gasteiger partial charge is 0.231 e. The van der Waals surface area contributed by atoms with Crippen LogP contribution in [0, 0.1) is 5.92 Å². The van der Waals surface area contributed by atoms with Gasteiger partial charge in [-0.2, -0.15) is 0 Å². The minimum absolute atomic E-state index is 0.260. The first-order valence-corrected chi connectivity index (χ1v) is 4.53. The van der Waals surface area contributed by atoms with Gasteiger partial charge in [-0.25, -0.2) is 0 Å². The van der Waals surface area contributed by atoms with Crippen molar-refractivity contribution in [2.45, 2.75) is 6.04 Å². The third kappa shape index (κ3) is 2.43. The molecule has 80 valence electrons. The van der Waals surface area contributed by atoms with Crippen molar-refractivity contribution in [3.8, 4) is 0 Å². The van der Waals surface area contributed by atoms with Gasteiger partial charge in [0.2, 0.25) is 11.8 Å². The molecule has 0 aromatic heterocycles. The number of hydrogen-bond donors (Lipinski definition) is 3. The van der Waals surface area contributed by atoms with Crippen LogP contribution in [-0.2, 0) is 9.59 Å². The molecule has 0 aliphatic carbocycles. The number of carbonyl (C=O) groups excluding carboxylic acids is 2. The number of hydrogen-bond acceptors (Lipinski definition) is 4. The zero-order valence-corrected chi connectivity index (χ0v) is 8.19. The van der Waals surface area contributed by atoms with E-state index in [0.29, 0.717) is 6.54 Å². The van der Waals surface area contributed by atoms with E-state index in [0.717, 1.165) is 13.1 Å². The van der Waals surface area contributed by atoms with Crippen molar-refractivity contribution in [3.63, 3.8) is 0 Å². The van der Waals surface area contributed by atoms with Crippen LogP contribution in [0.25, 0.3) is 0 Å². The van der Waals surface area contributed by atoms with E-state index in [1.807, 2.05) is 11.9 Å². The molecule has 0 spiro atoms. The number of rotatable bonds is 3. The molecule has 1 fully saturated rings. The summed E-state index contributed by atoms with van der Waals surface area (Å²) in [5, 5.41) is 3.07. The molecule has 0 radical (unpaired) electrons. The fraction of sp³-hybridized carbons (Fsp3) is 0.750. The first-order valence-electron chi connectivity index (χ1n) is 4.53. The number of nitrogens with two attached hydrogens (primary N) is 2. The SMILES string of the molecule is CN1CCNC(C(C(N)=O)C(N)=O)C1. The number of nitrogens with one attached hydrogen (secondary N) is 1. The number of carbonyl (C=O) groups is 2. The van der Waals surface area contributed by atoms with Crippen LogP contribution in [0.4, 0.5) is 0 Å². The van der Waals surface area contributed by atoms with E-state index in [-0.39, 0.29) is 6.04 Å². The first-order chi connectivity index (χ1) is 6.52. The van der Waals surface area contributed by atoms with Gasteiger partial charge in [0, 0.05) is 25.7 Å². The lowest BCUT2D eigenvalue weighted by atomic mass is 9.96. The van der Waals surface area contributed by atoms with Gasteiger partial charge in [-0.15, -0.1) is 0 Å². The van der Waals surface area contributed by atoms with Gasteiger partial charge in [-0.1, -0.05) is 0 Å². The summed E-state index contributed by atoms with van der Waals surface area (Å²) in [6, 6.07) is -0.260. The van der Waals surface area contributed by atoms with Crippen LogP contribution in [0.1, 0.15) is 0 Å².